The van der Waals surface area contributed by atoms with Crippen molar-refractivity contribution in [3.8, 4) is 0 Å². The molecule has 0 bridgehead atoms. The summed E-state index contributed by atoms with van der Waals surface area (Å²) in [5, 5.41) is 10.6. The average molecular weight is 514 g/mol. The van der Waals surface area contributed by atoms with Crippen LogP contribution < -0.4 is 5.32 Å². The monoisotopic (exact) mass is 513 g/mol. The summed E-state index contributed by atoms with van der Waals surface area (Å²) >= 11 is 5.13. The minimum Gasteiger partial charge on any atom is -0.372 e. The highest BCUT2D eigenvalue weighted by Crippen LogP contribution is 2.43. The number of hydrogen-bond acceptors (Lipinski definition) is 3. The molecular weight excluding hydrogens is 473 g/mol. The number of aromatic amines is 1. The Balaban J connectivity index is 0.000000256. The molecule has 1 aromatic carbocycles. The molecule has 190 valence electrons. The van der Waals surface area contributed by atoms with Gasteiger partial charge in [-0.1, -0.05) is 80.9 Å². The lowest BCUT2D eigenvalue weighted by Gasteiger charge is -2.17. The zero-order chi connectivity index (χ0) is 25.4. The molecule has 4 rings (SSSR count). The van der Waals surface area contributed by atoms with Gasteiger partial charge in [-0.2, -0.15) is 5.10 Å². The largest absolute Gasteiger partial charge is 0.372 e. The third-order valence-corrected chi connectivity index (χ3v) is 8.91. The molecule has 6 heteroatoms. The van der Waals surface area contributed by atoms with Gasteiger partial charge in [0, 0.05) is 41.8 Å². The van der Waals surface area contributed by atoms with E-state index in [9.17, 15) is 4.39 Å². The molecule has 1 fully saturated rings. The second-order valence-corrected chi connectivity index (χ2v) is 12.7. The first kappa shape index (κ1) is 27.5. The predicted octanol–water partition coefficient (Wildman–Crippen LogP) is 7.75. The topological polar surface area (TPSA) is 40.7 Å². The molecule has 3 unspecified atom stereocenters. The van der Waals surface area contributed by atoms with Gasteiger partial charge in [0.25, 0.3) is 0 Å². The van der Waals surface area contributed by atoms with Crippen LogP contribution in [0.1, 0.15) is 75.6 Å². The van der Waals surface area contributed by atoms with Crippen molar-refractivity contribution in [2.75, 3.05) is 12.4 Å². The maximum Gasteiger partial charge on any atom is 0.147 e. The van der Waals surface area contributed by atoms with Gasteiger partial charge >= 0.3 is 0 Å². The van der Waals surface area contributed by atoms with Gasteiger partial charge in [-0.25, -0.2) is 4.39 Å². The van der Waals surface area contributed by atoms with E-state index in [2.05, 4.69) is 61.1 Å². The summed E-state index contributed by atoms with van der Waals surface area (Å²) in [6.07, 6.45) is 12.7. The quantitative estimate of drug-likeness (QED) is 0.355. The molecule has 0 amide bonds. The van der Waals surface area contributed by atoms with Gasteiger partial charge in [-0.05, 0) is 54.7 Å². The van der Waals surface area contributed by atoms with E-state index in [-0.39, 0.29) is 15.3 Å². The smallest absolute Gasteiger partial charge is 0.147 e. The fourth-order valence-corrected chi connectivity index (χ4v) is 7.10. The lowest BCUT2D eigenvalue weighted by atomic mass is 9.88. The molecule has 1 saturated carbocycles. The van der Waals surface area contributed by atoms with E-state index in [1.165, 1.54) is 49.4 Å². The number of allylic oxidation sites excluding steroid dienone is 5. The van der Waals surface area contributed by atoms with Gasteiger partial charge in [0.1, 0.15) is 11.6 Å². The van der Waals surface area contributed by atoms with Gasteiger partial charge in [0.15, 0.2) is 0 Å². The minimum atomic E-state index is -0.0812. The SMILES string of the molecule is C=C/C=C(\C=C(/CCC)C1CCC(c2cc(NC)n[nH]2)C1)C(C)C.Fc1cccc2c1CS(=S)C2. The Morgan fingerprint density at radius 1 is 1.34 bits per heavy atom. The molecule has 1 aliphatic carbocycles. The van der Waals surface area contributed by atoms with Gasteiger partial charge in [0.2, 0.25) is 0 Å². The molecule has 2 N–H and O–H groups in total. The Kier molecular flexibility index (Phi) is 10.5. The van der Waals surface area contributed by atoms with Crippen molar-refractivity contribution in [2.24, 2.45) is 11.8 Å². The van der Waals surface area contributed by atoms with Crippen LogP contribution in [-0.4, -0.2) is 17.2 Å². The Morgan fingerprint density at radius 2 is 2.14 bits per heavy atom. The lowest BCUT2D eigenvalue weighted by Crippen LogP contribution is -2.03. The Bertz CT molecular complexity index is 1080. The van der Waals surface area contributed by atoms with Crippen LogP contribution >= 0.6 is 0 Å². The van der Waals surface area contributed by atoms with E-state index in [4.69, 9.17) is 11.2 Å². The minimum absolute atomic E-state index is 0.0363. The number of nitrogens with zero attached hydrogens (tertiary/aromatic N) is 1. The third kappa shape index (κ3) is 7.47. The van der Waals surface area contributed by atoms with Gasteiger partial charge < -0.3 is 5.32 Å². The first-order valence-electron chi connectivity index (χ1n) is 12.7. The molecule has 2 heterocycles. The molecule has 2 aliphatic rings. The summed E-state index contributed by atoms with van der Waals surface area (Å²) in [5.41, 5.74) is 6.27. The fraction of sp³-hybridized carbons (Fsp3) is 0.483. The first-order valence-corrected chi connectivity index (χ1v) is 15.2. The molecule has 1 aliphatic heterocycles. The zero-order valence-corrected chi connectivity index (χ0v) is 23.2. The Labute approximate surface area is 218 Å². The lowest BCUT2D eigenvalue weighted by molar-refractivity contribution is 0.587. The van der Waals surface area contributed by atoms with Crippen molar-refractivity contribution in [1.29, 1.82) is 0 Å². The number of nitrogens with one attached hydrogen (secondary N) is 2. The fourth-order valence-electron chi connectivity index (χ4n) is 5.00. The number of rotatable bonds is 8. The van der Waals surface area contributed by atoms with Crippen molar-refractivity contribution in [3.05, 3.63) is 82.9 Å². The van der Waals surface area contributed by atoms with Crippen LogP contribution in [0.15, 0.2) is 60.2 Å². The van der Waals surface area contributed by atoms with E-state index in [0.717, 1.165) is 28.5 Å². The maximum atomic E-state index is 13.0. The van der Waals surface area contributed by atoms with Crippen LogP contribution in [0, 0.1) is 17.7 Å². The van der Waals surface area contributed by atoms with E-state index < -0.39 is 0 Å². The Hall–Kier alpha value is -2.05. The summed E-state index contributed by atoms with van der Waals surface area (Å²) in [4.78, 5) is 0. The molecule has 0 spiro atoms. The van der Waals surface area contributed by atoms with Gasteiger partial charge in [0.05, 0.1) is 0 Å². The number of hydrogen-bond donors (Lipinski definition) is 2. The van der Waals surface area contributed by atoms with Crippen LogP contribution in [0.25, 0.3) is 0 Å². The van der Waals surface area contributed by atoms with E-state index >= 15 is 0 Å². The van der Waals surface area contributed by atoms with Crippen LogP contribution in [0.3, 0.4) is 0 Å². The van der Waals surface area contributed by atoms with Crippen molar-refractivity contribution in [2.45, 2.75) is 70.3 Å². The normalized spacial score (nSPS) is 22.1. The van der Waals surface area contributed by atoms with Crippen LogP contribution in [0.2, 0.25) is 0 Å². The van der Waals surface area contributed by atoms with E-state index in [1.807, 2.05) is 19.2 Å². The highest BCUT2D eigenvalue weighted by molar-refractivity contribution is 8.28. The maximum absolute atomic E-state index is 13.0. The highest BCUT2D eigenvalue weighted by Gasteiger charge is 2.29. The average Bonchev–Trinajstić information content (AvgIpc) is 3.58. The standard InChI is InChI=1S/C21H33N3.C8H7FS2/c1-6-8-16(15(3)4)12-17(9-7-2)18-10-11-19(13-18)20-14-21(22-5)24-23-20;9-8-3-1-2-6-4-11(10)5-7(6)8/h6,8,12,14-15,18-19H,1,7,9-11,13H2,2-5H3,(H2,22,23,24);1-3H,4-5H2/b16-8+,17-12+;. The number of benzene rings is 1. The van der Waals surface area contributed by atoms with Crippen LogP contribution in [-0.2, 0) is 32.1 Å². The molecule has 3 nitrogen and oxygen atoms in total. The summed E-state index contributed by atoms with van der Waals surface area (Å²) in [6.45, 7) is 10.7. The first-order chi connectivity index (χ1) is 16.9. The number of H-pyrrole nitrogens is 1. The van der Waals surface area contributed by atoms with E-state index in [1.54, 1.807) is 11.6 Å². The molecular formula is C29H40FN3S2. The molecule has 0 radical (unpaired) electrons. The number of aromatic nitrogens is 2. The van der Waals surface area contributed by atoms with Crippen LogP contribution in [0.4, 0.5) is 10.2 Å². The van der Waals surface area contributed by atoms with Crippen molar-refractivity contribution in [1.82, 2.24) is 10.2 Å². The molecule has 1 aromatic heterocycles. The predicted molar refractivity (Wildman–Crippen MR) is 153 cm³/mol. The van der Waals surface area contributed by atoms with Crippen LogP contribution in [0.5, 0.6) is 0 Å². The number of fused-ring (bicyclic) bond motifs is 1. The third-order valence-electron chi connectivity index (χ3n) is 6.96. The van der Waals surface area contributed by atoms with E-state index in [0.29, 0.717) is 17.8 Å². The van der Waals surface area contributed by atoms with Gasteiger partial charge in [-0.15, -0.1) is 9.45 Å². The highest BCUT2D eigenvalue weighted by atomic mass is 32.8. The summed E-state index contributed by atoms with van der Waals surface area (Å²) in [7, 11) is 1.88. The molecule has 35 heavy (non-hydrogen) atoms. The molecule has 0 saturated heterocycles. The second-order valence-electron chi connectivity index (χ2n) is 9.80. The second kappa shape index (κ2) is 13.3. The van der Waals surface area contributed by atoms with Gasteiger partial charge in [-0.3, -0.25) is 5.10 Å². The summed E-state index contributed by atoms with van der Waals surface area (Å²) < 4.78 is 13.0. The van der Waals surface area contributed by atoms with Crippen molar-refractivity contribution < 1.29 is 4.39 Å². The summed E-state index contributed by atoms with van der Waals surface area (Å²) in [5.74, 6) is 4.35. The van der Waals surface area contributed by atoms with Crippen molar-refractivity contribution >= 4 is 26.5 Å². The zero-order valence-electron chi connectivity index (χ0n) is 21.6. The summed E-state index contributed by atoms with van der Waals surface area (Å²) in [6, 6.07) is 7.40. The number of halogens is 1. The molecule has 3 atom stereocenters. The van der Waals surface area contributed by atoms with Crippen molar-refractivity contribution in [3.63, 3.8) is 0 Å². The number of anilines is 1. The molecule has 2 aromatic rings. The Morgan fingerprint density at radius 3 is 2.77 bits per heavy atom.